The predicted octanol–water partition coefficient (Wildman–Crippen LogP) is -0.0643. The molecule has 0 fully saturated rings. The van der Waals surface area contributed by atoms with Crippen molar-refractivity contribution in [3.05, 3.63) is 0 Å². The van der Waals surface area contributed by atoms with Crippen LogP contribution in [0.15, 0.2) is 9.98 Å². The van der Waals surface area contributed by atoms with Crippen molar-refractivity contribution in [1.82, 2.24) is 0 Å². The topological polar surface area (TPSA) is 85.2 Å². The molecule has 0 aliphatic rings. The van der Waals surface area contributed by atoms with Crippen LogP contribution in [0, 0.1) is 0 Å². The number of carbonyl (C=O) groups excluding carboxylic acids is 3. The Kier molecular flexibility index (Phi) is 5.03. The largest absolute Gasteiger partial charge is 0.438 e. The minimum absolute atomic E-state index is 0.741. The zero-order chi connectivity index (χ0) is 10.3. The molecule has 2 unspecified atom stereocenters. The zero-order valence-electron chi connectivity index (χ0n) is 7.18. The molecule has 0 aromatic carbocycles. The lowest BCUT2D eigenvalue weighted by Gasteiger charge is -2.07. The molecule has 0 aromatic rings. The minimum atomic E-state index is -0.929. The van der Waals surface area contributed by atoms with Gasteiger partial charge in [-0.2, -0.15) is 9.98 Å². The SMILES string of the molecule is CC(N=C=O)OC(=O)C(C)N=C=O. The Morgan fingerprint density at radius 2 is 1.77 bits per heavy atom. The van der Waals surface area contributed by atoms with Crippen LogP contribution in [0.1, 0.15) is 13.8 Å². The van der Waals surface area contributed by atoms with Gasteiger partial charge in [-0.25, -0.2) is 14.4 Å². The first-order valence-corrected chi connectivity index (χ1v) is 3.46. The maximum absolute atomic E-state index is 10.9. The molecule has 0 aliphatic carbocycles. The van der Waals surface area contributed by atoms with Crippen molar-refractivity contribution in [3.8, 4) is 0 Å². The smallest absolute Gasteiger partial charge is 0.333 e. The van der Waals surface area contributed by atoms with Crippen LogP contribution < -0.4 is 0 Å². The normalized spacial score (nSPS) is 13.1. The van der Waals surface area contributed by atoms with E-state index in [1.54, 1.807) is 0 Å². The number of hydrogen-bond acceptors (Lipinski definition) is 6. The molecule has 0 radical (unpaired) electrons. The number of ether oxygens (including phenoxy) is 1. The molecule has 13 heavy (non-hydrogen) atoms. The third-order valence-corrected chi connectivity index (χ3v) is 1.11. The molecule has 0 bridgehead atoms. The average molecular weight is 184 g/mol. The summed E-state index contributed by atoms with van der Waals surface area (Å²) in [5, 5.41) is 0. The second kappa shape index (κ2) is 5.83. The Morgan fingerprint density at radius 3 is 2.23 bits per heavy atom. The van der Waals surface area contributed by atoms with Crippen LogP contribution in [0.3, 0.4) is 0 Å². The number of carbonyl (C=O) groups is 1. The Balaban J connectivity index is 4.14. The van der Waals surface area contributed by atoms with Gasteiger partial charge in [0.15, 0.2) is 6.04 Å². The molecule has 6 heteroatoms. The molecule has 0 N–H and O–H groups in total. The van der Waals surface area contributed by atoms with Crippen LogP contribution in [0.5, 0.6) is 0 Å². The third-order valence-electron chi connectivity index (χ3n) is 1.11. The molecule has 0 aromatic heterocycles. The summed E-state index contributed by atoms with van der Waals surface area (Å²) in [6.45, 7) is 2.75. The van der Waals surface area contributed by atoms with Crippen molar-refractivity contribution in [2.75, 3.05) is 0 Å². The third kappa shape index (κ3) is 4.63. The van der Waals surface area contributed by atoms with Crippen molar-refractivity contribution in [2.45, 2.75) is 26.1 Å². The molecule has 0 saturated carbocycles. The molecule has 0 aliphatic heterocycles. The maximum Gasteiger partial charge on any atom is 0.333 e. The Hall–Kier alpha value is -1.77. The van der Waals surface area contributed by atoms with Crippen LogP contribution >= 0.6 is 0 Å². The van der Waals surface area contributed by atoms with E-state index in [9.17, 15) is 14.4 Å². The number of rotatable bonds is 4. The quantitative estimate of drug-likeness (QED) is 0.348. The summed E-state index contributed by atoms with van der Waals surface area (Å²) in [6.07, 6.45) is 1.55. The van der Waals surface area contributed by atoms with Gasteiger partial charge >= 0.3 is 5.97 Å². The summed E-state index contributed by atoms with van der Waals surface area (Å²) < 4.78 is 4.56. The fraction of sp³-hybridized carbons (Fsp3) is 0.571. The first-order chi connectivity index (χ1) is 6.11. The van der Waals surface area contributed by atoms with E-state index in [0.717, 1.165) is 0 Å². The summed E-state index contributed by atoms with van der Waals surface area (Å²) >= 11 is 0. The van der Waals surface area contributed by atoms with Crippen molar-refractivity contribution in [2.24, 2.45) is 9.98 Å². The molecule has 2 atom stereocenters. The van der Waals surface area contributed by atoms with Gasteiger partial charge in [0, 0.05) is 0 Å². The van der Waals surface area contributed by atoms with Crippen molar-refractivity contribution >= 4 is 18.1 Å². The standard InChI is InChI=1S/C7H8N2O4/c1-5(8-3-10)7(12)13-6(2)9-4-11/h5-6H,1-2H3. The second-order valence-corrected chi connectivity index (χ2v) is 2.15. The summed E-state index contributed by atoms with van der Waals surface area (Å²) in [5.74, 6) is -0.741. The van der Waals surface area contributed by atoms with Gasteiger partial charge in [-0.05, 0) is 13.8 Å². The van der Waals surface area contributed by atoms with E-state index in [1.165, 1.54) is 26.0 Å². The molecule has 0 heterocycles. The molecule has 0 rings (SSSR count). The number of hydrogen-bond donors (Lipinski definition) is 0. The summed E-state index contributed by atoms with van der Waals surface area (Å²) in [4.78, 5) is 36.6. The molecule has 6 nitrogen and oxygen atoms in total. The lowest BCUT2D eigenvalue weighted by molar-refractivity contribution is -0.148. The van der Waals surface area contributed by atoms with Gasteiger partial charge in [0.05, 0.1) is 0 Å². The van der Waals surface area contributed by atoms with Crippen LogP contribution in [-0.2, 0) is 19.1 Å². The molecule has 70 valence electrons. The summed E-state index contributed by atoms with van der Waals surface area (Å²) in [5.41, 5.74) is 0. The second-order valence-electron chi connectivity index (χ2n) is 2.15. The Morgan fingerprint density at radius 1 is 1.23 bits per heavy atom. The molecule has 0 spiro atoms. The Bertz CT molecular complexity index is 276. The highest BCUT2D eigenvalue weighted by atomic mass is 16.6. The van der Waals surface area contributed by atoms with Gasteiger partial charge in [-0.1, -0.05) is 0 Å². The highest BCUT2D eigenvalue weighted by Crippen LogP contribution is 1.98. The number of nitrogens with zero attached hydrogens (tertiary/aromatic N) is 2. The number of esters is 1. The van der Waals surface area contributed by atoms with E-state index in [-0.39, 0.29) is 0 Å². The van der Waals surface area contributed by atoms with E-state index >= 15 is 0 Å². The zero-order valence-corrected chi connectivity index (χ0v) is 7.18. The van der Waals surface area contributed by atoms with Gasteiger partial charge < -0.3 is 4.74 Å². The fourth-order valence-corrected chi connectivity index (χ4v) is 0.499. The first kappa shape index (κ1) is 11.2. The lowest BCUT2D eigenvalue weighted by atomic mass is 10.4. The van der Waals surface area contributed by atoms with Crippen molar-refractivity contribution < 1.29 is 19.1 Å². The average Bonchev–Trinajstić information content (AvgIpc) is 2.05. The van der Waals surface area contributed by atoms with Gasteiger partial charge in [-0.3, -0.25) is 0 Å². The summed E-state index contributed by atoms with van der Waals surface area (Å²) in [6, 6.07) is -0.929. The number of aliphatic imine (C=N–C) groups is 2. The van der Waals surface area contributed by atoms with Crippen LogP contribution in [0.2, 0.25) is 0 Å². The fourth-order valence-electron chi connectivity index (χ4n) is 0.499. The van der Waals surface area contributed by atoms with E-state index < -0.39 is 18.2 Å². The number of isocyanates is 2. The Labute approximate surface area is 74.3 Å². The predicted molar refractivity (Wildman–Crippen MR) is 41.3 cm³/mol. The van der Waals surface area contributed by atoms with Gasteiger partial charge in [-0.15, -0.1) is 0 Å². The van der Waals surface area contributed by atoms with Gasteiger partial charge in [0.25, 0.3) is 0 Å². The highest BCUT2D eigenvalue weighted by molar-refractivity contribution is 5.76. The van der Waals surface area contributed by atoms with E-state index in [0.29, 0.717) is 0 Å². The maximum atomic E-state index is 10.9. The van der Waals surface area contributed by atoms with E-state index in [4.69, 9.17) is 0 Å². The van der Waals surface area contributed by atoms with Crippen LogP contribution in [0.25, 0.3) is 0 Å². The van der Waals surface area contributed by atoms with E-state index in [1.807, 2.05) is 0 Å². The van der Waals surface area contributed by atoms with Gasteiger partial charge in [0.1, 0.15) is 0 Å². The molecular weight excluding hydrogens is 176 g/mol. The van der Waals surface area contributed by atoms with Crippen LogP contribution in [0.4, 0.5) is 0 Å². The van der Waals surface area contributed by atoms with E-state index in [2.05, 4.69) is 14.7 Å². The van der Waals surface area contributed by atoms with Gasteiger partial charge in [0.2, 0.25) is 18.4 Å². The molecule has 0 saturated heterocycles. The minimum Gasteiger partial charge on any atom is -0.438 e. The van der Waals surface area contributed by atoms with Crippen molar-refractivity contribution in [1.29, 1.82) is 0 Å². The molecular formula is C7H8N2O4. The summed E-state index contributed by atoms with van der Waals surface area (Å²) in [7, 11) is 0. The first-order valence-electron chi connectivity index (χ1n) is 3.46. The van der Waals surface area contributed by atoms with Crippen LogP contribution in [-0.4, -0.2) is 30.4 Å². The highest BCUT2D eigenvalue weighted by Gasteiger charge is 2.15. The molecule has 0 amide bonds. The monoisotopic (exact) mass is 184 g/mol. The van der Waals surface area contributed by atoms with Crippen molar-refractivity contribution in [3.63, 3.8) is 0 Å². The lowest BCUT2D eigenvalue weighted by Crippen LogP contribution is -2.22.